The number of benzene rings is 2. The van der Waals surface area contributed by atoms with Crippen LogP contribution >= 0.6 is 0 Å². The predicted octanol–water partition coefficient (Wildman–Crippen LogP) is 1.52. The average Bonchev–Trinajstić information content (AvgIpc) is 2.92. The van der Waals surface area contributed by atoms with E-state index in [1.165, 1.54) is 0 Å². The number of hydrogen-bond acceptors (Lipinski definition) is 10. The quantitative estimate of drug-likeness (QED) is 0.464. The van der Waals surface area contributed by atoms with Gasteiger partial charge in [-0.1, -0.05) is 50.2 Å². The van der Waals surface area contributed by atoms with Crippen molar-refractivity contribution in [3.05, 3.63) is 71.8 Å². The molecule has 2 fully saturated rings. The predicted molar refractivity (Wildman–Crippen MR) is 128 cm³/mol. The maximum Gasteiger partial charge on any atom is 0.340 e. The zero-order valence-electron chi connectivity index (χ0n) is 20.6. The maximum atomic E-state index is 12.8. The van der Waals surface area contributed by atoms with E-state index in [1.54, 1.807) is 67.6 Å². The molecule has 3 N–H and O–H groups in total. The summed E-state index contributed by atoms with van der Waals surface area (Å²) in [4.78, 5) is 25.3. The lowest BCUT2D eigenvalue weighted by atomic mass is 9.85. The van der Waals surface area contributed by atoms with E-state index >= 15 is 0 Å². The molecule has 10 nitrogen and oxygen atoms in total. The minimum absolute atomic E-state index is 0.143. The molecule has 200 valence electrons. The van der Waals surface area contributed by atoms with Gasteiger partial charge in [-0.25, -0.2) is 9.59 Å². The highest BCUT2D eigenvalue weighted by atomic mass is 16.7. The van der Waals surface area contributed by atoms with Gasteiger partial charge in [-0.2, -0.15) is 0 Å². The maximum absolute atomic E-state index is 12.8. The number of carbonyl (C=O) groups excluding carboxylic acids is 2. The first-order chi connectivity index (χ1) is 17.8. The van der Waals surface area contributed by atoms with E-state index in [2.05, 4.69) is 0 Å². The van der Waals surface area contributed by atoms with E-state index < -0.39 is 66.9 Å². The summed E-state index contributed by atoms with van der Waals surface area (Å²) in [6.45, 7) is 3.21. The van der Waals surface area contributed by atoms with Crippen molar-refractivity contribution in [1.82, 2.24) is 0 Å². The molecule has 10 heteroatoms. The molecule has 37 heavy (non-hydrogen) atoms. The van der Waals surface area contributed by atoms with Crippen molar-refractivity contribution in [1.29, 1.82) is 0 Å². The molecule has 0 amide bonds. The Morgan fingerprint density at radius 2 is 1.43 bits per heavy atom. The van der Waals surface area contributed by atoms with Crippen LogP contribution < -0.4 is 0 Å². The highest BCUT2D eigenvalue weighted by molar-refractivity contribution is 5.89. The van der Waals surface area contributed by atoms with Gasteiger partial charge in [0.2, 0.25) is 6.29 Å². The van der Waals surface area contributed by atoms with Gasteiger partial charge in [-0.3, -0.25) is 0 Å². The van der Waals surface area contributed by atoms with E-state index in [-0.39, 0.29) is 13.2 Å². The fraction of sp³-hybridized carbons (Fsp3) is 0.481. The summed E-state index contributed by atoms with van der Waals surface area (Å²) >= 11 is 0. The second-order valence-electron chi connectivity index (χ2n) is 9.35. The topological polar surface area (TPSA) is 141 Å². The Hall–Kier alpha value is -2.86. The van der Waals surface area contributed by atoms with Crippen LogP contribution in [0.1, 0.15) is 34.6 Å². The van der Waals surface area contributed by atoms with Crippen molar-refractivity contribution in [3.8, 4) is 0 Å². The summed E-state index contributed by atoms with van der Waals surface area (Å²) in [6.07, 6.45) is -7.90. The first-order valence-corrected chi connectivity index (χ1v) is 12.2. The number of hydrogen-bond donors (Lipinski definition) is 3. The van der Waals surface area contributed by atoms with Gasteiger partial charge in [-0.05, 0) is 24.3 Å². The van der Waals surface area contributed by atoms with Gasteiger partial charge in [0.1, 0.15) is 31.0 Å². The van der Waals surface area contributed by atoms with E-state index in [1.807, 2.05) is 6.92 Å². The number of aliphatic hydroxyl groups is 3. The lowest BCUT2D eigenvalue weighted by Gasteiger charge is -2.46. The Morgan fingerprint density at radius 3 is 2.05 bits per heavy atom. The lowest BCUT2D eigenvalue weighted by molar-refractivity contribution is -0.323. The van der Waals surface area contributed by atoms with Gasteiger partial charge in [0.15, 0.2) is 6.29 Å². The second-order valence-corrected chi connectivity index (χ2v) is 9.35. The molecule has 0 bridgehead atoms. The smallest absolute Gasteiger partial charge is 0.340 e. The first-order valence-electron chi connectivity index (χ1n) is 12.2. The zero-order valence-corrected chi connectivity index (χ0v) is 20.6. The van der Waals surface area contributed by atoms with Crippen LogP contribution in [0.2, 0.25) is 0 Å². The standard InChI is InChI=1S/C27H32O10/c1-15-20(14-33-24(31)17-9-5-3-6-10-17)35-26(37-25(32)18-11-7-4-8-12-18)16(2)23(15)36-27-22(30)21(29)19(28)13-34-27/h3-12,15-16,19-23,26-30H,13-14H2,1-2H3/t15-,16?,19-,20?,21+,22?,23+,26+,27-/m1/s1. The van der Waals surface area contributed by atoms with Crippen molar-refractivity contribution >= 4 is 11.9 Å². The summed E-state index contributed by atoms with van der Waals surface area (Å²) in [5, 5.41) is 30.2. The van der Waals surface area contributed by atoms with Gasteiger partial charge in [0.05, 0.1) is 23.8 Å². The van der Waals surface area contributed by atoms with Crippen LogP contribution in [0.3, 0.4) is 0 Å². The van der Waals surface area contributed by atoms with E-state index in [0.29, 0.717) is 11.1 Å². The number of rotatable bonds is 7. The number of ether oxygens (including phenoxy) is 5. The number of carbonyl (C=O) groups is 2. The fourth-order valence-corrected chi connectivity index (χ4v) is 4.46. The fourth-order valence-electron chi connectivity index (χ4n) is 4.46. The molecule has 2 aliphatic heterocycles. The highest BCUT2D eigenvalue weighted by Crippen LogP contribution is 2.35. The lowest BCUT2D eigenvalue weighted by Crippen LogP contribution is -2.58. The molecule has 2 saturated heterocycles. The Kier molecular flexibility index (Phi) is 8.91. The number of aliphatic hydroxyl groups excluding tert-OH is 3. The van der Waals surface area contributed by atoms with Crippen molar-refractivity contribution in [2.24, 2.45) is 11.8 Å². The summed E-state index contributed by atoms with van der Waals surface area (Å²) in [6, 6.07) is 16.9. The molecular weight excluding hydrogens is 484 g/mol. The van der Waals surface area contributed by atoms with Crippen LogP contribution in [0.4, 0.5) is 0 Å². The molecule has 2 aromatic carbocycles. The Morgan fingerprint density at radius 1 is 0.838 bits per heavy atom. The molecule has 0 saturated carbocycles. The third-order valence-corrected chi connectivity index (χ3v) is 6.73. The van der Waals surface area contributed by atoms with Crippen LogP contribution in [-0.4, -0.2) is 83.6 Å². The van der Waals surface area contributed by atoms with E-state index in [0.717, 1.165) is 0 Å². The first kappa shape index (κ1) is 27.2. The number of esters is 2. The van der Waals surface area contributed by atoms with Crippen molar-refractivity contribution in [2.45, 2.75) is 56.9 Å². The van der Waals surface area contributed by atoms with Crippen LogP contribution in [0.25, 0.3) is 0 Å². The Balaban J connectivity index is 1.50. The molecule has 9 atom stereocenters. The molecule has 0 spiro atoms. The molecule has 2 aliphatic rings. The van der Waals surface area contributed by atoms with Crippen molar-refractivity contribution in [2.75, 3.05) is 13.2 Å². The molecule has 0 aliphatic carbocycles. The van der Waals surface area contributed by atoms with Gasteiger partial charge >= 0.3 is 11.9 Å². The molecule has 2 aromatic rings. The second kappa shape index (κ2) is 12.1. The van der Waals surface area contributed by atoms with Crippen molar-refractivity contribution < 1.29 is 48.6 Å². The third-order valence-electron chi connectivity index (χ3n) is 6.73. The van der Waals surface area contributed by atoms with Gasteiger partial charge in [0, 0.05) is 11.8 Å². The van der Waals surface area contributed by atoms with Crippen LogP contribution in [-0.2, 0) is 23.7 Å². The summed E-state index contributed by atoms with van der Waals surface area (Å²) in [5.74, 6) is -2.06. The van der Waals surface area contributed by atoms with Crippen LogP contribution in [0, 0.1) is 11.8 Å². The largest absolute Gasteiger partial charge is 0.459 e. The van der Waals surface area contributed by atoms with Gasteiger partial charge in [-0.15, -0.1) is 0 Å². The molecular formula is C27H32O10. The Bertz CT molecular complexity index is 1030. The van der Waals surface area contributed by atoms with E-state index in [4.69, 9.17) is 23.7 Å². The summed E-state index contributed by atoms with van der Waals surface area (Å²) < 4.78 is 28.7. The van der Waals surface area contributed by atoms with Crippen LogP contribution in [0.5, 0.6) is 0 Å². The molecule has 0 radical (unpaired) electrons. The average molecular weight is 517 g/mol. The van der Waals surface area contributed by atoms with Crippen LogP contribution in [0.15, 0.2) is 60.7 Å². The Labute approximate surface area is 214 Å². The third kappa shape index (κ3) is 6.35. The minimum Gasteiger partial charge on any atom is -0.459 e. The summed E-state index contributed by atoms with van der Waals surface area (Å²) in [5.41, 5.74) is 0.718. The molecule has 2 heterocycles. The normalized spacial score (nSPS) is 33.9. The zero-order chi connectivity index (χ0) is 26.5. The van der Waals surface area contributed by atoms with Gasteiger partial charge in [0.25, 0.3) is 0 Å². The monoisotopic (exact) mass is 516 g/mol. The van der Waals surface area contributed by atoms with Crippen molar-refractivity contribution in [3.63, 3.8) is 0 Å². The summed E-state index contributed by atoms with van der Waals surface area (Å²) in [7, 11) is 0. The molecule has 0 aromatic heterocycles. The SMILES string of the molecule is CC1[C@H](OC(=O)c2ccccc2)OC(COC(=O)c2ccccc2)[C@@H](C)[C@@H]1O[C@H]1OC[C@@H](O)[C@H](O)C1O. The molecule has 3 unspecified atom stereocenters. The van der Waals surface area contributed by atoms with Gasteiger partial charge < -0.3 is 39.0 Å². The highest BCUT2D eigenvalue weighted by Gasteiger charge is 2.48. The minimum atomic E-state index is -1.49. The van der Waals surface area contributed by atoms with E-state index in [9.17, 15) is 24.9 Å². The molecule has 4 rings (SSSR count).